The fraction of sp³-hybridized carbons (Fsp3) is 0.417. The van der Waals surface area contributed by atoms with Crippen LogP contribution >= 0.6 is 0 Å². The number of hydrogen-bond acceptors (Lipinski definition) is 4. The molecule has 0 bridgehead atoms. The number of ether oxygens (including phenoxy) is 1. The van der Waals surface area contributed by atoms with Gasteiger partial charge in [0.1, 0.15) is 0 Å². The molecule has 1 aromatic carbocycles. The van der Waals surface area contributed by atoms with E-state index in [4.69, 9.17) is 15.7 Å². The second-order valence-electron chi connectivity index (χ2n) is 4.00. The minimum atomic E-state index is 0.323. The number of nitriles is 1. The van der Waals surface area contributed by atoms with E-state index in [1.807, 2.05) is 6.07 Å². The second-order valence-corrected chi connectivity index (χ2v) is 4.00. The Bertz CT molecular complexity index is 425. The first-order valence-corrected chi connectivity index (χ1v) is 5.36. The Morgan fingerprint density at radius 3 is 3.00 bits per heavy atom. The highest BCUT2D eigenvalue weighted by atomic mass is 16.5. The van der Waals surface area contributed by atoms with E-state index in [2.05, 4.69) is 17.9 Å². The van der Waals surface area contributed by atoms with Crippen molar-refractivity contribution >= 4 is 11.4 Å². The third kappa shape index (κ3) is 1.95. The molecule has 0 aliphatic carbocycles. The molecule has 1 saturated heterocycles. The number of anilines is 2. The van der Waals surface area contributed by atoms with Gasteiger partial charge in [0.25, 0.3) is 0 Å². The summed E-state index contributed by atoms with van der Waals surface area (Å²) in [5.74, 6) is 0. The first-order chi connectivity index (χ1) is 7.72. The van der Waals surface area contributed by atoms with Gasteiger partial charge in [0.05, 0.1) is 36.2 Å². The van der Waals surface area contributed by atoms with E-state index < -0.39 is 0 Å². The molecule has 0 radical (unpaired) electrons. The van der Waals surface area contributed by atoms with Gasteiger partial charge in [-0.1, -0.05) is 0 Å². The Kier molecular flexibility index (Phi) is 2.97. The highest BCUT2D eigenvalue weighted by molar-refractivity contribution is 5.70. The van der Waals surface area contributed by atoms with E-state index in [0.29, 0.717) is 17.3 Å². The van der Waals surface area contributed by atoms with Crippen molar-refractivity contribution in [3.8, 4) is 6.07 Å². The standard InChI is InChI=1S/C12H15N3O/c1-9-8-16-5-4-15(9)12-3-2-10(7-13)6-11(12)14/h2-3,6,9H,4-5,8,14H2,1H3. The molecular weight excluding hydrogens is 202 g/mol. The summed E-state index contributed by atoms with van der Waals surface area (Å²) in [5, 5.41) is 8.78. The van der Waals surface area contributed by atoms with Gasteiger partial charge in [-0.2, -0.15) is 5.26 Å². The van der Waals surface area contributed by atoms with Crippen LogP contribution in [0, 0.1) is 11.3 Å². The summed E-state index contributed by atoms with van der Waals surface area (Å²) in [6, 6.07) is 7.84. The molecule has 1 aliphatic heterocycles. The smallest absolute Gasteiger partial charge is 0.0992 e. The number of rotatable bonds is 1. The summed E-state index contributed by atoms with van der Waals surface area (Å²) in [7, 11) is 0. The Balaban J connectivity index is 2.29. The number of nitrogen functional groups attached to an aromatic ring is 1. The molecule has 1 fully saturated rings. The lowest BCUT2D eigenvalue weighted by atomic mass is 10.1. The molecule has 1 atom stereocenters. The van der Waals surface area contributed by atoms with Gasteiger partial charge >= 0.3 is 0 Å². The minimum Gasteiger partial charge on any atom is -0.397 e. The number of nitrogens with two attached hydrogens (primary N) is 1. The van der Waals surface area contributed by atoms with Crippen LogP contribution in [0.2, 0.25) is 0 Å². The summed E-state index contributed by atoms with van der Waals surface area (Å²) in [5.41, 5.74) is 8.21. The summed E-state index contributed by atoms with van der Waals surface area (Å²) in [4.78, 5) is 2.22. The molecule has 2 rings (SSSR count). The fourth-order valence-corrected chi connectivity index (χ4v) is 1.97. The van der Waals surface area contributed by atoms with Gasteiger partial charge in [-0.05, 0) is 25.1 Å². The zero-order chi connectivity index (χ0) is 11.5. The number of hydrogen-bond donors (Lipinski definition) is 1. The Morgan fingerprint density at radius 1 is 1.56 bits per heavy atom. The quantitative estimate of drug-likeness (QED) is 0.721. The molecule has 1 aliphatic rings. The largest absolute Gasteiger partial charge is 0.397 e. The van der Waals surface area contributed by atoms with Crippen LogP contribution in [-0.2, 0) is 4.74 Å². The van der Waals surface area contributed by atoms with E-state index in [1.165, 1.54) is 0 Å². The van der Waals surface area contributed by atoms with Crippen molar-refractivity contribution in [2.24, 2.45) is 0 Å². The van der Waals surface area contributed by atoms with Crippen LogP contribution in [0.1, 0.15) is 12.5 Å². The summed E-state index contributed by atoms with van der Waals surface area (Å²) in [6.07, 6.45) is 0. The van der Waals surface area contributed by atoms with Gasteiger partial charge in [0.2, 0.25) is 0 Å². The SMILES string of the molecule is CC1COCCN1c1ccc(C#N)cc1N. The van der Waals surface area contributed by atoms with Gasteiger partial charge < -0.3 is 15.4 Å². The van der Waals surface area contributed by atoms with E-state index in [0.717, 1.165) is 25.4 Å². The Morgan fingerprint density at radius 2 is 2.38 bits per heavy atom. The average Bonchev–Trinajstić information content (AvgIpc) is 2.30. The molecule has 16 heavy (non-hydrogen) atoms. The third-order valence-electron chi connectivity index (χ3n) is 2.83. The predicted molar refractivity (Wildman–Crippen MR) is 63.2 cm³/mol. The molecule has 4 nitrogen and oxygen atoms in total. The van der Waals surface area contributed by atoms with Crippen LogP contribution in [-0.4, -0.2) is 25.8 Å². The third-order valence-corrected chi connectivity index (χ3v) is 2.83. The van der Waals surface area contributed by atoms with Gasteiger partial charge in [-0.3, -0.25) is 0 Å². The first-order valence-electron chi connectivity index (χ1n) is 5.36. The molecule has 1 aromatic rings. The van der Waals surface area contributed by atoms with Gasteiger partial charge in [-0.15, -0.1) is 0 Å². The fourth-order valence-electron chi connectivity index (χ4n) is 1.97. The normalized spacial score (nSPS) is 20.5. The Hall–Kier alpha value is -1.73. The molecule has 2 N–H and O–H groups in total. The van der Waals surface area contributed by atoms with Gasteiger partial charge in [0, 0.05) is 12.6 Å². The zero-order valence-corrected chi connectivity index (χ0v) is 9.31. The van der Waals surface area contributed by atoms with E-state index in [-0.39, 0.29) is 0 Å². The van der Waals surface area contributed by atoms with Crippen molar-refractivity contribution in [2.45, 2.75) is 13.0 Å². The lowest BCUT2D eigenvalue weighted by Crippen LogP contribution is -2.44. The minimum absolute atomic E-state index is 0.323. The summed E-state index contributed by atoms with van der Waals surface area (Å²) >= 11 is 0. The van der Waals surface area contributed by atoms with Gasteiger partial charge in [-0.25, -0.2) is 0 Å². The topological polar surface area (TPSA) is 62.3 Å². The molecular formula is C12H15N3O. The van der Waals surface area contributed by atoms with Crippen LogP contribution in [0.15, 0.2) is 18.2 Å². The molecule has 84 valence electrons. The molecule has 0 saturated carbocycles. The highest BCUT2D eigenvalue weighted by Crippen LogP contribution is 2.27. The lowest BCUT2D eigenvalue weighted by Gasteiger charge is -2.35. The molecule has 0 amide bonds. The highest BCUT2D eigenvalue weighted by Gasteiger charge is 2.20. The molecule has 1 unspecified atom stereocenters. The van der Waals surface area contributed by atoms with Crippen LogP contribution in [0.25, 0.3) is 0 Å². The zero-order valence-electron chi connectivity index (χ0n) is 9.31. The van der Waals surface area contributed by atoms with Crippen molar-refractivity contribution in [2.75, 3.05) is 30.4 Å². The van der Waals surface area contributed by atoms with Gasteiger partial charge in [0.15, 0.2) is 0 Å². The van der Waals surface area contributed by atoms with E-state index in [1.54, 1.807) is 12.1 Å². The number of morpholine rings is 1. The predicted octanol–water partition coefficient (Wildman–Crippen LogP) is 1.37. The molecule has 0 spiro atoms. The second kappa shape index (κ2) is 4.42. The van der Waals surface area contributed by atoms with E-state index >= 15 is 0 Å². The first kappa shape index (κ1) is 10.8. The Labute approximate surface area is 95.2 Å². The summed E-state index contributed by atoms with van der Waals surface area (Å²) in [6.45, 7) is 4.40. The van der Waals surface area contributed by atoms with E-state index in [9.17, 15) is 0 Å². The lowest BCUT2D eigenvalue weighted by molar-refractivity contribution is 0.0990. The number of benzene rings is 1. The van der Waals surface area contributed by atoms with Crippen molar-refractivity contribution < 1.29 is 4.74 Å². The van der Waals surface area contributed by atoms with Crippen LogP contribution < -0.4 is 10.6 Å². The van der Waals surface area contributed by atoms with Crippen molar-refractivity contribution in [3.05, 3.63) is 23.8 Å². The molecule has 1 heterocycles. The van der Waals surface area contributed by atoms with Crippen molar-refractivity contribution in [1.29, 1.82) is 5.26 Å². The maximum Gasteiger partial charge on any atom is 0.0992 e. The average molecular weight is 217 g/mol. The number of nitrogens with zero attached hydrogens (tertiary/aromatic N) is 2. The summed E-state index contributed by atoms with van der Waals surface area (Å²) < 4.78 is 5.38. The maximum atomic E-state index is 8.78. The molecule has 4 heteroatoms. The maximum absolute atomic E-state index is 8.78. The van der Waals surface area contributed by atoms with Crippen LogP contribution in [0.4, 0.5) is 11.4 Å². The van der Waals surface area contributed by atoms with Crippen LogP contribution in [0.3, 0.4) is 0 Å². The monoisotopic (exact) mass is 217 g/mol. The van der Waals surface area contributed by atoms with Crippen molar-refractivity contribution in [3.63, 3.8) is 0 Å². The van der Waals surface area contributed by atoms with Crippen LogP contribution in [0.5, 0.6) is 0 Å². The van der Waals surface area contributed by atoms with Crippen molar-refractivity contribution in [1.82, 2.24) is 0 Å². The molecule has 0 aromatic heterocycles.